The maximum Gasteiger partial charge on any atom is 0.271 e. The molecular weight excluding hydrogens is 594 g/mol. The fourth-order valence-corrected chi connectivity index (χ4v) is 5.54. The number of aromatic nitrogens is 2. The zero-order chi connectivity index (χ0) is 28.2. The number of para-hydroxylation sites is 1. The summed E-state index contributed by atoms with van der Waals surface area (Å²) in [6, 6.07) is 32.1. The van der Waals surface area contributed by atoms with Crippen molar-refractivity contribution in [1.29, 1.82) is 0 Å². The minimum Gasteiger partial charge on any atom is -0.342 e. The lowest BCUT2D eigenvalue weighted by Gasteiger charge is -2.05. The largest absolute Gasteiger partial charge is 0.342 e. The molecule has 6 nitrogen and oxygen atoms in total. The van der Waals surface area contributed by atoms with E-state index in [9.17, 15) is 4.79 Å². The van der Waals surface area contributed by atoms with Crippen LogP contribution in [0.25, 0.3) is 22.2 Å². The molecule has 0 unspecified atom stereocenters. The highest BCUT2D eigenvalue weighted by atomic mass is 79.9. The Morgan fingerprint density at radius 3 is 2.51 bits per heavy atom. The van der Waals surface area contributed by atoms with Gasteiger partial charge in [0.05, 0.1) is 11.9 Å². The Kier molecular flexibility index (Phi) is 7.75. The molecule has 4 aromatic carbocycles. The van der Waals surface area contributed by atoms with E-state index >= 15 is 0 Å². The molecule has 0 saturated carbocycles. The Balaban J connectivity index is 1.11. The van der Waals surface area contributed by atoms with Gasteiger partial charge in [-0.15, -0.1) is 11.3 Å². The van der Waals surface area contributed by atoms with Crippen molar-refractivity contribution in [2.24, 2.45) is 5.10 Å². The van der Waals surface area contributed by atoms with E-state index in [1.807, 2.05) is 53.9 Å². The quantitative estimate of drug-likeness (QED) is 0.133. The number of nitrogens with zero attached hydrogens (tertiary/aromatic N) is 3. The molecule has 0 spiro atoms. The van der Waals surface area contributed by atoms with E-state index in [1.165, 1.54) is 11.1 Å². The van der Waals surface area contributed by atoms with Crippen LogP contribution in [0.5, 0.6) is 0 Å². The van der Waals surface area contributed by atoms with Gasteiger partial charge in [-0.1, -0.05) is 76.1 Å². The van der Waals surface area contributed by atoms with E-state index in [4.69, 9.17) is 4.98 Å². The Labute approximate surface area is 250 Å². The Bertz CT molecular complexity index is 1840. The average Bonchev–Trinajstić information content (AvgIpc) is 3.60. The summed E-state index contributed by atoms with van der Waals surface area (Å²) in [5, 5.41) is 11.5. The minimum absolute atomic E-state index is 0.272. The number of carbonyl (C=O) groups excluding carboxylic acids is 1. The first kappa shape index (κ1) is 26.7. The molecule has 0 saturated heterocycles. The number of aryl methyl sites for hydroxylation is 1. The highest BCUT2D eigenvalue weighted by molar-refractivity contribution is 9.10. The van der Waals surface area contributed by atoms with Gasteiger partial charge in [-0.3, -0.25) is 4.79 Å². The molecule has 6 aromatic rings. The van der Waals surface area contributed by atoms with Crippen molar-refractivity contribution in [3.63, 3.8) is 0 Å². The molecule has 1 amide bonds. The number of hydrogen-bond donors (Lipinski definition) is 2. The number of halogens is 1. The predicted octanol–water partition coefficient (Wildman–Crippen LogP) is 8.39. The second-order valence-corrected chi connectivity index (χ2v) is 11.4. The second-order valence-electron chi connectivity index (χ2n) is 9.66. The number of thiazole rings is 1. The number of benzene rings is 4. The van der Waals surface area contributed by atoms with Crippen LogP contribution in [0.15, 0.2) is 118 Å². The lowest BCUT2D eigenvalue weighted by Crippen LogP contribution is -2.17. The topological polar surface area (TPSA) is 71.3 Å². The predicted molar refractivity (Wildman–Crippen MR) is 172 cm³/mol. The van der Waals surface area contributed by atoms with E-state index in [1.54, 1.807) is 29.7 Å². The second kappa shape index (κ2) is 11.9. The molecule has 0 atom stereocenters. The summed E-state index contributed by atoms with van der Waals surface area (Å²) in [5.41, 5.74) is 10.4. The summed E-state index contributed by atoms with van der Waals surface area (Å²) in [6.45, 7) is 2.80. The van der Waals surface area contributed by atoms with E-state index in [-0.39, 0.29) is 5.91 Å². The van der Waals surface area contributed by atoms with Crippen molar-refractivity contribution in [1.82, 2.24) is 15.0 Å². The summed E-state index contributed by atoms with van der Waals surface area (Å²) in [7, 11) is 0. The van der Waals surface area contributed by atoms with Gasteiger partial charge < -0.3 is 9.88 Å². The highest BCUT2D eigenvalue weighted by Gasteiger charge is 2.10. The Morgan fingerprint density at radius 1 is 0.976 bits per heavy atom. The van der Waals surface area contributed by atoms with Crippen molar-refractivity contribution < 1.29 is 4.79 Å². The molecule has 0 aliphatic heterocycles. The van der Waals surface area contributed by atoms with Crippen LogP contribution >= 0.6 is 27.3 Å². The summed E-state index contributed by atoms with van der Waals surface area (Å²) < 4.78 is 3.25. The zero-order valence-electron chi connectivity index (χ0n) is 22.2. The number of nitrogens with one attached hydrogen (secondary N) is 2. The number of rotatable bonds is 8. The average molecular weight is 621 g/mol. The number of amides is 1. The first-order valence-electron chi connectivity index (χ1n) is 13.1. The third-order valence-electron chi connectivity index (χ3n) is 6.71. The normalized spacial score (nSPS) is 11.3. The van der Waals surface area contributed by atoms with Gasteiger partial charge in [0.1, 0.15) is 0 Å². The smallest absolute Gasteiger partial charge is 0.271 e. The van der Waals surface area contributed by atoms with Crippen molar-refractivity contribution in [2.75, 3.05) is 5.32 Å². The molecule has 202 valence electrons. The summed E-state index contributed by atoms with van der Waals surface area (Å²) >= 11 is 5.04. The molecule has 2 heterocycles. The van der Waals surface area contributed by atoms with Crippen LogP contribution in [-0.2, 0) is 6.54 Å². The maximum atomic E-state index is 12.8. The van der Waals surface area contributed by atoms with Crippen LogP contribution < -0.4 is 10.7 Å². The fourth-order valence-electron chi connectivity index (χ4n) is 4.54. The van der Waals surface area contributed by atoms with Gasteiger partial charge in [-0.2, -0.15) is 5.10 Å². The van der Waals surface area contributed by atoms with Crippen LogP contribution in [0.4, 0.5) is 10.8 Å². The monoisotopic (exact) mass is 619 g/mol. The number of carbonyl (C=O) groups is 1. The first-order valence-corrected chi connectivity index (χ1v) is 14.7. The molecular formula is C33H26BrN5OS. The Morgan fingerprint density at radius 2 is 1.73 bits per heavy atom. The SMILES string of the molecule is Cc1ccc(Nc2nc(-c3ccc(C(=O)N/N=C\c4cn(Cc5ccc(Br)cc5)c5ccccc45)cc3)cs2)cc1. The summed E-state index contributed by atoms with van der Waals surface area (Å²) in [5.74, 6) is -0.272. The molecule has 0 aliphatic carbocycles. The molecule has 0 aliphatic rings. The van der Waals surface area contributed by atoms with Gasteiger partial charge in [0.2, 0.25) is 0 Å². The van der Waals surface area contributed by atoms with Crippen LogP contribution in [0.1, 0.15) is 27.0 Å². The minimum atomic E-state index is -0.272. The van der Waals surface area contributed by atoms with Crippen molar-refractivity contribution >= 4 is 61.1 Å². The first-order chi connectivity index (χ1) is 20.0. The van der Waals surface area contributed by atoms with Crippen LogP contribution in [0, 0.1) is 6.92 Å². The summed E-state index contributed by atoms with van der Waals surface area (Å²) in [6.07, 6.45) is 3.76. The van der Waals surface area contributed by atoms with Crippen LogP contribution in [0.2, 0.25) is 0 Å². The van der Waals surface area contributed by atoms with E-state index in [0.717, 1.165) is 49.6 Å². The Hall–Kier alpha value is -4.53. The van der Waals surface area contributed by atoms with Crippen molar-refractivity contribution in [3.8, 4) is 11.3 Å². The third-order valence-corrected chi connectivity index (χ3v) is 7.99. The lowest BCUT2D eigenvalue weighted by molar-refractivity contribution is 0.0955. The third kappa shape index (κ3) is 6.29. The van der Waals surface area contributed by atoms with E-state index < -0.39 is 0 Å². The van der Waals surface area contributed by atoms with Crippen molar-refractivity contribution in [3.05, 3.63) is 135 Å². The van der Waals surface area contributed by atoms with Gasteiger partial charge >= 0.3 is 0 Å². The fraction of sp³-hybridized carbons (Fsp3) is 0.0606. The van der Waals surface area contributed by atoms with E-state index in [2.05, 4.69) is 85.9 Å². The van der Waals surface area contributed by atoms with Gasteiger partial charge in [0, 0.05) is 55.9 Å². The van der Waals surface area contributed by atoms with Gasteiger partial charge in [0.25, 0.3) is 5.91 Å². The summed E-state index contributed by atoms with van der Waals surface area (Å²) in [4.78, 5) is 17.5. The number of hydrogen-bond acceptors (Lipinski definition) is 5. The number of fused-ring (bicyclic) bond motifs is 1. The standard InChI is InChI=1S/C33H26BrN5OS/c1-22-6-16-28(17-7-22)36-33-37-30(21-41-33)24-10-12-25(13-11-24)32(40)38-35-18-26-20-39(31-5-3-2-4-29(26)31)19-23-8-14-27(34)15-9-23/h2-18,20-21H,19H2,1H3,(H,36,37)(H,38,40)/b35-18-. The molecule has 0 radical (unpaired) electrons. The maximum absolute atomic E-state index is 12.8. The highest BCUT2D eigenvalue weighted by Crippen LogP contribution is 2.28. The van der Waals surface area contributed by atoms with Crippen LogP contribution in [0.3, 0.4) is 0 Å². The van der Waals surface area contributed by atoms with E-state index in [0.29, 0.717) is 5.56 Å². The lowest BCUT2D eigenvalue weighted by atomic mass is 10.1. The van der Waals surface area contributed by atoms with Crippen LogP contribution in [-0.4, -0.2) is 21.7 Å². The molecule has 8 heteroatoms. The molecule has 0 bridgehead atoms. The molecule has 41 heavy (non-hydrogen) atoms. The number of hydrazone groups is 1. The van der Waals surface area contributed by atoms with Gasteiger partial charge in [0.15, 0.2) is 5.13 Å². The number of anilines is 2. The van der Waals surface area contributed by atoms with Gasteiger partial charge in [-0.05, 0) is 55.0 Å². The zero-order valence-corrected chi connectivity index (χ0v) is 24.6. The molecule has 2 aromatic heterocycles. The van der Waals surface area contributed by atoms with Gasteiger partial charge in [-0.25, -0.2) is 10.4 Å². The molecule has 6 rings (SSSR count). The molecule has 0 fully saturated rings. The molecule has 2 N–H and O–H groups in total. The van der Waals surface area contributed by atoms with Crippen molar-refractivity contribution in [2.45, 2.75) is 13.5 Å².